The zero-order chi connectivity index (χ0) is 27.2. The average Bonchev–Trinajstić information content (AvgIpc) is 2.88. The zero-order valence-corrected chi connectivity index (χ0v) is 23.6. The van der Waals surface area contributed by atoms with E-state index in [0.29, 0.717) is 34.6 Å². The van der Waals surface area contributed by atoms with Crippen LogP contribution in [0.3, 0.4) is 0 Å². The number of nitrogens with one attached hydrogen (secondary N) is 1. The van der Waals surface area contributed by atoms with Gasteiger partial charge in [0.05, 0.1) is 0 Å². The second kappa shape index (κ2) is 10.1. The van der Waals surface area contributed by atoms with Gasteiger partial charge in [0.2, 0.25) is 0 Å². The van der Waals surface area contributed by atoms with Crippen molar-refractivity contribution in [2.45, 2.75) is 44.4 Å². The van der Waals surface area contributed by atoms with E-state index in [1.807, 2.05) is 78.7 Å². The number of allylic oxidation sites excluding steroid dienone is 2. The zero-order valence-electron chi connectivity index (χ0n) is 22.0. The molecule has 1 atom stereocenters. The summed E-state index contributed by atoms with van der Waals surface area (Å²) >= 11 is 7.85. The van der Waals surface area contributed by atoms with Gasteiger partial charge in [-0.25, -0.2) is 0 Å². The molecule has 1 unspecified atom stereocenters. The average molecular weight is 543 g/mol. The normalized spacial score (nSPS) is 20.4. The van der Waals surface area contributed by atoms with Crippen LogP contribution in [0.5, 0.6) is 0 Å². The van der Waals surface area contributed by atoms with Gasteiger partial charge in [0.1, 0.15) is 11.6 Å². The summed E-state index contributed by atoms with van der Waals surface area (Å²) in [4.78, 5) is 16.9. The number of aliphatic hydroxyl groups excluding tert-OH is 1. The smallest absolute Gasteiger partial charge is 0.162 e. The van der Waals surface area contributed by atoms with Crippen molar-refractivity contribution in [2.75, 3.05) is 11.2 Å². The van der Waals surface area contributed by atoms with Crippen LogP contribution in [0, 0.1) is 17.7 Å². The molecule has 4 nitrogen and oxygen atoms in total. The van der Waals surface area contributed by atoms with Crippen LogP contribution >= 0.6 is 23.4 Å². The number of nitrogens with zero attached hydrogens (tertiary/aromatic N) is 1. The lowest BCUT2D eigenvalue weighted by atomic mass is 9.67. The molecule has 38 heavy (non-hydrogen) atoms. The van der Waals surface area contributed by atoms with E-state index >= 15 is 0 Å². The number of aryl methyl sites for hydroxylation is 1. The molecule has 2 aliphatic rings. The molecule has 0 bridgehead atoms. The van der Waals surface area contributed by atoms with Gasteiger partial charge in [0.25, 0.3) is 0 Å². The van der Waals surface area contributed by atoms with Gasteiger partial charge in [-0.05, 0) is 67.0 Å². The summed E-state index contributed by atoms with van der Waals surface area (Å²) in [6.07, 6.45) is 3.07. The Balaban J connectivity index is 1.83. The van der Waals surface area contributed by atoms with Crippen LogP contribution < -0.4 is 4.90 Å². The largest absolute Gasteiger partial charge is 0.507 e. The van der Waals surface area contributed by atoms with Crippen molar-refractivity contribution in [2.24, 2.45) is 5.41 Å². The van der Waals surface area contributed by atoms with Crippen LogP contribution in [0.4, 0.5) is 5.69 Å². The fraction of sp³-hybridized carbons (Fsp3) is 0.250. The molecule has 3 aromatic carbocycles. The summed E-state index contributed by atoms with van der Waals surface area (Å²) in [6.45, 7) is 6.18. The highest BCUT2D eigenvalue weighted by Crippen LogP contribution is 2.51. The monoisotopic (exact) mass is 542 g/mol. The SMILES string of the molecule is CSc1ccc(C2C3=C(CC(C)(C)CC3=O)N(c3ccc(Cl)cc3)C(=N)/C2=C(/O)c2ccc(C)cc2)cc1. The molecular formula is C32H31ClN2O2S. The molecule has 0 radical (unpaired) electrons. The van der Waals surface area contributed by atoms with Gasteiger partial charge < -0.3 is 5.11 Å². The van der Waals surface area contributed by atoms with Crippen molar-refractivity contribution < 1.29 is 9.90 Å². The molecule has 0 aromatic heterocycles. The maximum atomic E-state index is 14.0. The van der Waals surface area contributed by atoms with E-state index in [0.717, 1.165) is 27.4 Å². The minimum Gasteiger partial charge on any atom is -0.507 e. The second-order valence-corrected chi connectivity index (χ2v) is 12.1. The van der Waals surface area contributed by atoms with Crippen LogP contribution in [0.25, 0.3) is 5.76 Å². The van der Waals surface area contributed by atoms with Gasteiger partial charge >= 0.3 is 0 Å². The molecule has 1 aliphatic heterocycles. The number of rotatable bonds is 4. The Hall–Kier alpha value is -3.28. The topological polar surface area (TPSA) is 64.4 Å². The molecule has 194 valence electrons. The molecule has 1 heterocycles. The quantitative estimate of drug-likeness (QED) is 0.256. The second-order valence-electron chi connectivity index (χ2n) is 10.8. The van der Waals surface area contributed by atoms with Crippen molar-refractivity contribution in [3.8, 4) is 0 Å². The first-order valence-electron chi connectivity index (χ1n) is 12.6. The van der Waals surface area contributed by atoms with E-state index in [1.54, 1.807) is 23.9 Å². The first-order valence-corrected chi connectivity index (χ1v) is 14.2. The molecule has 2 N–H and O–H groups in total. The predicted octanol–water partition coefficient (Wildman–Crippen LogP) is 8.56. The van der Waals surface area contributed by atoms with E-state index in [9.17, 15) is 15.3 Å². The van der Waals surface area contributed by atoms with Crippen LogP contribution in [-0.2, 0) is 4.79 Å². The minimum absolute atomic E-state index is 0.0112. The van der Waals surface area contributed by atoms with Gasteiger partial charge in [0, 0.05) is 50.4 Å². The molecule has 1 aliphatic carbocycles. The summed E-state index contributed by atoms with van der Waals surface area (Å²) in [5.74, 6) is -0.330. The van der Waals surface area contributed by atoms with Gasteiger partial charge in [-0.1, -0.05) is 67.4 Å². The third-order valence-electron chi connectivity index (χ3n) is 7.34. The standard InChI is InChI=1S/C32H31ClN2O2S/c1-19-5-7-21(8-6-19)30(37)29-27(20-9-15-24(38-4)16-10-20)28-25(17-32(2,3)18-26(28)36)35(31(29)34)23-13-11-22(33)12-14-23/h5-16,27,34,37H,17-18H2,1-4H3/b30-29+,34-31?. The summed E-state index contributed by atoms with van der Waals surface area (Å²) in [5, 5.41) is 21.9. The Labute approximate surface area is 233 Å². The molecular weight excluding hydrogens is 512 g/mol. The number of ketones is 1. The van der Waals surface area contributed by atoms with Gasteiger partial charge in [-0.15, -0.1) is 11.8 Å². The molecule has 0 fully saturated rings. The molecule has 3 aromatic rings. The highest BCUT2D eigenvalue weighted by molar-refractivity contribution is 7.98. The van der Waals surface area contributed by atoms with Gasteiger partial charge in [0.15, 0.2) is 5.78 Å². The first kappa shape index (κ1) is 26.3. The number of carbonyl (C=O) groups excluding carboxylic acids is 1. The van der Waals surface area contributed by atoms with Crippen LogP contribution in [-0.4, -0.2) is 23.0 Å². The maximum absolute atomic E-state index is 14.0. The molecule has 0 saturated carbocycles. The highest BCUT2D eigenvalue weighted by Gasteiger charge is 2.46. The summed E-state index contributed by atoms with van der Waals surface area (Å²) in [5.41, 5.74) is 4.96. The van der Waals surface area contributed by atoms with Crippen molar-refractivity contribution in [1.29, 1.82) is 5.41 Å². The van der Waals surface area contributed by atoms with Crippen molar-refractivity contribution in [1.82, 2.24) is 0 Å². The van der Waals surface area contributed by atoms with Crippen molar-refractivity contribution in [3.63, 3.8) is 0 Å². The lowest BCUT2D eigenvalue weighted by Gasteiger charge is -2.45. The van der Waals surface area contributed by atoms with E-state index < -0.39 is 5.92 Å². The van der Waals surface area contributed by atoms with E-state index in [1.165, 1.54) is 0 Å². The number of amidine groups is 1. The van der Waals surface area contributed by atoms with Crippen LogP contribution in [0.1, 0.15) is 49.3 Å². The third-order valence-corrected chi connectivity index (χ3v) is 8.33. The van der Waals surface area contributed by atoms with Crippen LogP contribution in [0.15, 0.2) is 94.5 Å². The molecule has 0 spiro atoms. The van der Waals surface area contributed by atoms with E-state index in [2.05, 4.69) is 13.8 Å². The number of anilines is 1. The van der Waals surface area contributed by atoms with Gasteiger partial charge in [-0.2, -0.15) is 0 Å². The molecule has 5 rings (SSSR count). The van der Waals surface area contributed by atoms with Crippen molar-refractivity contribution >= 4 is 46.4 Å². The predicted molar refractivity (Wildman–Crippen MR) is 158 cm³/mol. The Morgan fingerprint density at radius 3 is 2.24 bits per heavy atom. The Kier molecular flexibility index (Phi) is 7.01. The molecule has 6 heteroatoms. The number of hydrogen-bond acceptors (Lipinski definition) is 4. The third kappa shape index (κ3) is 4.81. The number of benzene rings is 3. The number of aliphatic hydroxyl groups is 1. The summed E-state index contributed by atoms with van der Waals surface area (Å²) in [7, 11) is 0. The van der Waals surface area contributed by atoms with E-state index in [-0.39, 0.29) is 22.8 Å². The fourth-order valence-corrected chi connectivity index (χ4v) is 6.02. The van der Waals surface area contributed by atoms with Crippen molar-refractivity contribution in [3.05, 3.63) is 111 Å². The van der Waals surface area contributed by atoms with E-state index in [4.69, 9.17) is 11.6 Å². The molecule has 0 saturated heterocycles. The summed E-state index contributed by atoms with van der Waals surface area (Å²) in [6, 6.07) is 23.0. The molecule has 0 amide bonds. The Morgan fingerprint density at radius 2 is 1.63 bits per heavy atom. The summed E-state index contributed by atoms with van der Waals surface area (Å²) < 4.78 is 0. The van der Waals surface area contributed by atoms with Gasteiger partial charge in [-0.3, -0.25) is 15.1 Å². The maximum Gasteiger partial charge on any atom is 0.162 e. The Morgan fingerprint density at radius 1 is 1.00 bits per heavy atom. The minimum atomic E-state index is -0.554. The number of Topliss-reactive ketones (excluding diaryl/α,β-unsaturated/α-hetero) is 1. The van der Waals surface area contributed by atoms with Crippen LogP contribution in [0.2, 0.25) is 5.02 Å². The lowest BCUT2D eigenvalue weighted by molar-refractivity contribution is -0.118. The number of carbonyl (C=O) groups is 1. The number of thioether (sulfide) groups is 1. The lowest BCUT2D eigenvalue weighted by Crippen LogP contribution is -2.45. The first-order chi connectivity index (χ1) is 18.1. The fourth-order valence-electron chi connectivity index (χ4n) is 5.49. The number of halogens is 1. The number of hydrogen-bond donors (Lipinski definition) is 2. The Bertz CT molecular complexity index is 1470. The highest BCUT2D eigenvalue weighted by atomic mass is 35.5.